The Hall–Kier alpha value is -4.15. The fourth-order valence-corrected chi connectivity index (χ4v) is 4.51. The molecule has 0 aromatic carbocycles. The van der Waals surface area contributed by atoms with Gasteiger partial charge in [0.25, 0.3) is 0 Å². The van der Waals surface area contributed by atoms with Crippen LogP contribution in [0.1, 0.15) is 35.6 Å². The van der Waals surface area contributed by atoms with E-state index in [0.29, 0.717) is 24.0 Å². The molecule has 1 aliphatic rings. The molecule has 0 saturated carbocycles. The molecule has 1 aliphatic heterocycles. The van der Waals surface area contributed by atoms with Crippen molar-refractivity contribution < 1.29 is 4.79 Å². The summed E-state index contributed by atoms with van der Waals surface area (Å²) in [4.78, 5) is 32.7. The van der Waals surface area contributed by atoms with E-state index in [9.17, 15) is 4.79 Å². The van der Waals surface area contributed by atoms with Gasteiger partial charge in [-0.15, -0.1) is 0 Å². The molecule has 5 heterocycles. The Labute approximate surface area is 203 Å². The summed E-state index contributed by atoms with van der Waals surface area (Å²) in [5.74, 6) is 2.31. The largest absolute Gasteiger partial charge is 0.356 e. The van der Waals surface area contributed by atoms with Gasteiger partial charge in [0.1, 0.15) is 24.3 Å². The fourth-order valence-electron chi connectivity index (χ4n) is 4.51. The molecule has 1 N–H and O–H groups in total. The Morgan fingerprint density at radius 1 is 0.829 bits per heavy atom. The number of amides is 1. The number of aryl methyl sites for hydroxylation is 4. The molecular weight excluding hydrogens is 444 g/mol. The highest BCUT2D eigenvalue weighted by Gasteiger charge is 2.27. The van der Waals surface area contributed by atoms with Crippen LogP contribution >= 0.6 is 0 Å². The van der Waals surface area contributed by atoms with E-state index >= 15 is 0 Å². The fraction of sp³-hybridized carbons (Fsp3) is 0.375. The van der Waals surface area contributed by atoms with Gasteiger partial charge in [0, 0.05) is 36.6 Å². The SMILES string of the molecule is Cc1cc(C)n(-c2cc(NC(=O)C3CCCN(c4cc(-n5nc(C)cc5C)ncn4)C3)ncn2)n1. The average molecular weight is 473 g/mol. The lowest BCUT2D eigenvalue weighted by Gasteiger charge is -2.32. The third-order valence-corrected chi connectivity index (χ3v) is 6.11. The zero-order valence-electron chi connectivity index (χ0n) is 20.3. The molecule has 180 valence electrons. The van der Waals surface area contributed by atoms with Crippen molar-refractivity contribution in [1.82, 2.24) is 39.5 Å². The van der Waals surface area contributed by atoms with Crippen molar-refractivity contribution in [3.05, 3.63) is 59.7 Å². The molecule has 35 heavy (non-hydrogen) atoms. The van der Waals surface area contributed by atoms with Crippen LogP contribution in [0.15, 0.2) is 36.9 Å². The van der Waals surface area contributed by atoms with Crippen LogP contribution in [0.25, 0.3) is 11.6 Å². The summed E-state index contributed by atoms with van der Waals surface area (Å²) in [6, 6.07) is 7.65. The van der Waals surface area contributed by atoms with E-state index in [0.717, 1.165) is 48.0 Å². The summed E-state index contributed by atoms with van der Waals surface area (Å²) in [5.41, 5.74) is 3.81. The predicted octanol–water partition coefficient (Wildman–Crippen LogP) is 2.73. The zero-order valence-corrected chi connectivity index (χ0v) is 20.3. The molecule has 5 rings (SSSR count). The Morgan fingerprint density at radius 2 is 1.43 bits per heavy atom. The molecule has 0 bridgehead atoms. The van der Waals surface area contributed by atoms with Crippen molar-refractivity contribution in [3.8, 4) is 11.6 Å². The summed E-state index contributed by atoms with van der Waals surface area (Å²) in [6.07, 6.45) is 4.67. The minimum Gasteiger partial charge on any atom is -0.356 e. The zero-order chi connectivity index (χ0) is 24.5. The van der Waals surface area contributed by atoms with E-state index in [4.69, 9.17) is 0 Å². The molecule has 11 nitrogen and oxygen atoms in total. The minimum absolute atomic E-state index is 0.0689. The molecule has 4 aromatic heterocycles. The van der Waals surface area contributed by atoms with Crippen LogP contribution in [0.2, 0.25) is 0 Å². The number of hydrogen-bond acceptors (Lipinski definition) is 8. The second kappa shape index (κ2) is 9.24. The summed E-state index contributed by atoms with van der Waals surface area (Å²) < 4.78 is 3.55. The summed E-state index contributed by atoms with van der Waals surface area (Å²) in [7, 11) is 0. The highest BCUT2D eigenvalue weighted by atomic mass is 16.2. The van der Waals surface area contributed by atoms with E-state index in [-0.39, 0.29) is 11.8 Å². The molecule has 0 spiro atoms. The molecule has 4 aromatic rings. The van der Waals surface area contributed by atoms with E-state index in [1.807, 2.05) is 50.6 Å². The molecular formula is C24H28N10O. The van der Waals surface area contributed by atoms with Gasteiger partial charge in [-0.3, -0.25) is 4.79 Å². The second-order valence-electron chi connectivity index (χ2n) is 8.95. The van der Waals surface area contributed by atoms with Gasteiger partial charge < -0.3 is 10.2 Å². The van der Waals surface area contributed by atoms with Crippen LogP contribution < -0.4 is 10.2 Å². The maximum absolute atomic E-state index is 13.1. The Balaban J connectivity index is 1.30. The number of aromatic nitrogens is 8. The summed E-state index contributed by atoms with van der Waals surface area (Å²) in [5, 5.41) is 11.9. The number of carbonyl (C=O) groups excluding carboxylic acids is 1. The van der Waals surface area contributed by atoms with Gasteiger partial charge in [-0.2, -0.15) is 10.2 Å². The van der Waals surface area contributed by atoms with Gasteiger partial charge in [0.2, 0.25) is 5.91 Å². The standard InChI is InChI=1S/C24H28N10O/c1-15-8-17(3)33(30-15)22-10-20(25-13-27-22)29-24(35)19-6-5-7-32(12-19)21-11-23(28-14-26-21)34-18(4)9-16(2)31-34/h8-11,13-14,19H,5-7,12H2,1-4H3,(H,25,27,29,35). The lowest BCUT2D eigenvalue weighted by atomic mass is 9.97. The summed E-state index contributed by atoms with van der Waals surface area (Å²) in [6.45, 7) is 9.24. The summed E-state index contributed by atoms with van der Waals surface area (Å²) >= 11 is 0. The maximum Gasteiger partial charge on any atom is 0.230 e. The molecule has 0 aliphatic carbocycles. The van der Waals surface area contributed by atoms with Crippen molar-refractivity contribution in [2.24, 2.45) is 5.92 Å². The third kappa shape index (κ3) is 4.75. The maximum atomic E-state index is 13.1. The number of anilines is 2. The van der Waals surface area contributed by atoms with Crippen LogP contribution in [0, 0.1) is 33.6 Å². The molecule has 0 radical (unpaired) electrons. The smallest absolute Gasteiger partial charge is 0.230 e. The second-order valence-corrected chi connectivity index (χ2v) is 8.95. The number of nitrogens with one attached hydrogen (secondary N) is 1. The Morgan fingerprint density at radius 3 is 2.06 bits per heavy atom. The van der Waals surface area contributed by atoms with Gasteiger partial charge >= 0.3 is 0 Å². The number of nitrogens with zero attached hydrogens (tertiary/aromatic N) is 9. The molecule has 1 unspecified atom stereocenters. The average Bonchev–Trinajstić information content (AvgIpc) is 3.38. The van der Waals surface area contributed by atoms with Crippen LogP contribution in [0.5, 0.6) is 0 Å². The van der Waals surface area contributed by atoms with Crippen molar-refractivity contribution in [2.75, 3.05) is 23.3 Å². The van der Waals surface area contributed by atoms with E-state index in [1.165, 1.54) is 6.33 Å². The first kappa shape index (κ1) is 22.6. The first-order valence-electron chi connectivity index (χ1n) is 11.6. The van der Waals surface area contributed by atoms with Crippen LogP contribution in [0.3, 0.4) is 0 Å². The third-order valence-electron chi connectivity index (χ3n) is 6.11. The van der Waals surface area contributed by atoms with E-state index < -0.39 is 0 Å². The van der Waals surface area contributed by atoms with Crippen LogP contribution in [-0.2, 0) is 4.79 Å². The number of carbonyl (C=O) groups is 1. The van der Waals surface area contributed by atoms with Gasteiger partial charge in [-0.05, 0) is 52.7 Å². The Bertz CT molecular complexity index is 1370. The van der Waals surface area contributed by atoms with Crippen molar-refractivity contribution in [2.45, 2.75) is 40.5 Å². The number of rotatable bonds is 5. The van der Waals surface area contributed by atoms with Crippen molar-refractivity contribution in [3.63, 3.8) is 0 Å². The molecule has 11 heteroatoms. The van der Waals surface area contributed by atoms with Crippen molar-refractivity contribution >= 4 is 17.5 Å². The quantitative estimate of drug-likeness (QED) is 0.471. The van der Waals surface area contributed by atoms with Gasteiger partial charge in [0.15, 0.2) is 11.6 Å². The van der Waals surface area contributed by atoms with E-state index in [1.54, 1.807) is 17.1 Å². The van der Waals surface area contributed by atoms with Crippen LogP contribution in [-0.4, -0.2) is 58.5 Å². The number of hydrogen-bond donors (Lipinski definition) is 1. The lowest BCUT2D eigenvalue weighted by Crippen LogP contribution is -2.41. The van der Waals surface area contributed by atoms with Gasteiger partial charge in [0.05, 0.1) is 17.3 Å². The van der Waals surface area contributed by atoms with Crippen LogP contribution in [0.4, 0.5) is 11.6 Å². The monoisotopic (exact) mass is 472 g/mol. The minimum atomic E-state index is -0.192. The Kier molecular flexibility index (Phi) is 5.98. The molecule has 1 atom stereocenters. The highest BCUT2D eigenvalue weighted by Crippen LogP contribution is 2.24. The number of piperidine rings is 1. The predicted molar refractivity (Wildman–Crippen MR) is 131 cm³/mol. The van der Waals surface area contributed by atoms with Gasteiger partial charge in [-0.25, -0.2) is 29.3 Å². The highest BCUT2D eigenvalue weighted by molar-refractivity contribution is 5.92. The first-order valence-corrected chi connectivity index (χ1v) is 11.6. The normalized spacial score (nSPS) is 15.9. The molecule has 1 amide bonds. The van der Waals surface area contributed by atoms with Crippen molar-refractivity contribution in [1.29, 1.82) is 0 Å². The first-order chi connectivity index (χ1) is 16.9. The molecule has 1 saturated heterocycles. The lowest BCUT2D eigenvalue weighted by molar-refractivity contribution is -0.120. The topological polar surface area (TPSA) is 120 Å². The van der Waals surface area contributed by atoms with E-state index in [2.05, 4.69) is 40.3 Å². The molecule has 1 fully saturated rings. The van der Waals surface area contributed by atoms with Gasteiger partial charge in [-0.1, -0.05) is 0 Å².